The van der Waals surface area contributed by atoms with Gasteiger partial charge in [-0.3, -0.25) is 4.55 Å². The first-order valence-corrected chi connectivity index (χ1v) is 7.56. The maximum absolute atomic E-state index is 13.2. The number of hydrogen-bond acceptors (Lipinski definition) is 3. The zero-order chi connectivity index (χ0) is 24.2. The molecule has 0 spiro atoms. The van der Waals surface area contributed by atoms with Crippen LogP contribution in [-0.4, -0.2) is 66.6 Å². The summed E-state index contributed by atoms with van der Waals surface area (Å²) in [6.07, 6.45) is -11.0. The topological polar surface area (TPSA) is 89.4 Å². The van der Waals surface area contributed by atoms with E-state index >= 15 is 0 Å². The molecule has 0 heterocycles. The fourth-order valence-electron chi connectivity index (χ4n) is 1.47. The highest BCUT2D eigenvalue weighted by atomic mass is 32.2. The standard InChI is InChI=1S/C9H4F16O3S.H3N/c10-1(2(11)12)4(14,15)6(18,19)8(22,23)9(24,25)7(20,21)5(16,17)3(13)29(26,27)28;/h1-3H,(H,26,27,28);1H3. The van der Waals surface area contributed by atoms with Gasteiger partial charge in [0.15, 0.2) is 0 Å². The first-order chi connectivity index (χ1) is 12.3. The van der Waals surface area contributed by atoms with E-state index in [1.54, 1.807) is 0 Å². The Hall–Kier alpha value is -1.25. The van der Waals surface area contributed by atoms with Crippen LogP contribution in [0.1, 0.15) is 0 Å². The van der Waals surface area contributed by atoms with Gasteiger partial charge in [-0.2, -0.15) is 61.1 Å². The highest BCUT2D eigenvalue weighted by Gasteiger charge is 2.92. The largest absolute Gasteiger partial charge is 0.384 e. The van der Waals surface area contributed by atoms with E-state index in [9.17, 15) is 78.7 Å². The minimum atomic E-state index is -8.53. The van der Waals surface area contributed by atoms with Crippen LogP contribution in [0.5, 0.6) is 0 Å². The highest BCUT2D eigenvalue weighted by molar-refractivity contribution is 7.86. The van der Waals surface area contributed by atoms with Gasteiger partial charge in [-0.1, -0.05) is 0 Å². The molecule has 2 atom stereocenters. The van der Waals surface area contributed by atoms with E-state index in [2.05, 4.69) is 0 Å². The molecular formula is C9H7F16NO3S. The lowest BCUT2D eigenvalue weighted by Gasteiger charge is -2.41. The summed E-state index contributed by atoms with van der Waals surface area (Å²) >= 11 is 0. The quantitative estimate of drug-likeness (QED) is 0.344. The van der Waals surface area contributed by atoms with Crippen molar-refractivity contribution >= 4 is 10.1 Å². The van der Waals surface area contributed by atoms with Crippen LogP contribution in [-0.2, 0) is 10.1 Å². The van der Waals surface area contributed by atoms with Gasteiger partial charge >= 0.3 is 45.7 Å². The Labute approximate surface area is 154 Å². The van der Waals surface area contributed by atoms with E-state index in [0.717, 1.165) is 0 Å². The molecule has 0 aliphatic rings. The van der Waals surface area contributed by atoms with Crippen LogP contribution < -0.4 is 6.15 Å². The van der Waals surface area contributed by atoms with Crippen LogP contribution in [0, 0.1) is 0 Å². The van der Waals surface area contributed by atoms with Gasteiger partial charge in [0, 0.05) is 0 Å². The molecule has 0 aliphatic carbocycles. The molecule has 2 unspecified atom stereocenters. The average Bonchev–Trinajstić information content (AvgIpc) is 2.51. The molecule has 21 heteroatoms. The number of halogens is 16. The van der Waals surface area contributed by atoms with E-state index in [-0.39, 0.29) is 6.15 Å². The van der Waals surface area contributed by atoms with E-state index in [1.807, 2.05) is 0 Å². The van der Waals surface area contributed by atoms with Crippen molar-refractivity contribution in [1.29, 1.82) is 0 Å². The molecule has 0 fully saturated rings. The summed E-state index contributed by atoms with van der Waals surface area (Å²) in [5, 5.41) is 0. The van der Waals surface area contributed by atoms with Crippen molar-refractivity contribution in [3.63, 3.8) is 0 Å². The van der Waals surface area contributed by atoms with E-state index in [0.29, 0.717) is 0 Å². The van der Waals surface area contributed by atoms with Gasteiger partial charge in [0.05, 0.1) is 0 Å². The van der Waals surface area contributed by atoms with Crippen LogP contribution >= 0.6 is 0 Å². The molecule has 0 amide bonds. The first kappa shape index (κ1) is 30.9. The maximum atomic E-state index is 13.2. The van der Waals surface area contributed by atoms with Crippen LogP contribution in [0.2, 0.25) is 0 Å². The second kappa shape index (κ2) is 8.02. The molecular weight excluding hydrogens is 506 g/mol. The second-order valence-electron chi connectivity index (χ2n) is 5.11. The van der Waals surface area contributed by atoms with Crippen LogP contribution in [0.15, 0.2) is 0 Å². The lowest BCUT2D eigenvalue weighted by molar-refractivity contribution is -0.432. The smallest absolute Gasteiger partial charge is 0.344 e. The van der Waals surface area contributed by atoms with Crippen molar-refractivity contribution in [3.8, 4) is 0 Å². The lowest BCUT2D eigenvalue weighted by Crippen LogP contribution is -2.73. The zero-order valence-electron chi connectivity index (χ0n) is 13.2. The molecule has 0 saturated heterocycles. The van der Waals surface area contributed by atoms with E-state index in [4.69, 9.17) is 4.55 Å². The molecule has 30 heavy (non-hydrogen) atoms. The summed E-state index contributed by atoms with van der Waals surface area (Å²) in [7, 11) is -7.11. The summed E-state index contributed by atoms with van der Waals surface area (Å²) < 4.78 is 233. The summed E-state index contributed by atoms with van der Waals surface area (Å²) in [6, 6.07) is 0. The summed E-state index contributed by atoms with van der Waals surface area (Å²) in [5.74, 6) is -48.9. The zero-order valence-corrected chi connectivity index (χ0v) is 14.0. The van der Waals surface area contributed by atoms with Crippen molar-refractivity contribution in [2.24, 2.45) is 0 Å². The molecule has 0 aromatic rings. The summed E-state index contributed by atoms with van der Waals surface area (Å²) in [4.78, 5) is 0. The fourth-order valence-corrected chi connectivity index (χ4v) is 2.00. The number of hydrogen-bond donors (Lipinski definition) is 2. The fraction of sp³-hybridized carbons (Fsp3) is 1.00. The second-order valence-corrected chi connectivity index (χ2v) is 6.55. The van der Waals surface area contributed by atoms with Crippen molar-refractivity contribution in [2.45, 2.75) is 53.6 Å². The Morgan fingerprint density at radius 1 is 0.567 bits per heavy atom. The summed E-state index contributed by atoms with van der Waals surface area (Å²) in [6.45, 7) is 0. The summed E-state index contributed by atoms with van der Waals surface area (Å²) in [5.41, 5.74) is -5.88. The Balaban J connectivity index is 0. The first-order valence-electron chi connectivity index (χ1n) is 6.05. The van der Waals surface area contributed by atoms with E-state index < -0.39 is 63.8 Å². The lowest BCUT2D eigenvalue weighted by atomic mass is 9.90. The van der Waals surface area contributed by atoms with Crippen molar-refractivity contribution in [3.05, 3.63) is 0 Å². The molecule has 0 bridgehead atoms. The molecule has 4 N–H and O–H groups in total. The molecule has 184 valence electrons. The Bertz CT molecular complexity index is 707. The Morgan fingerprint density at radius 2 is 0.833 bits per heavy atom. The van der Waals surface area contributed by atoms with Gasteiger partial charge in [0.1, 0.15) is 0 Å². The minimum absolute atomic E-state index is 0. The third-order valence-corrected chi connectivity index (χ3v) is 3.95. The number of alkyl halides is 16. The SMILES string of the molecule is N.O=S(=O)(O)C(F)C(F)(F)C(F)(F)C(F)(F)C(F)(F)C(F)(F)C(F)(F)C(F)C(F)F. The van der Waals surface area contributed by atoms with Gasteiger partial charge in [0.2, 0.25) is 6.17 Å². The van der Waals surface area contributed by atoms with E-state index in [1.165, 1.54) is 0 Å². The molecule has 0 saturated carbocycles. The third-order valence-electron chi connectivity index (χ3n) is 3.13. The number of rotatable bonds is 9. The van der Waals surface area contributed by atoms with Crippen LogP contribution in [0.25, 0.3) is 0 Å². The maximum Gasteiger partial charge on any atom is 0.384 e. The molecule has 4 nitrogen and oxygen atoms in total. The predicted molar refractivity (Wildman–Crippen MR) is 62.0 cm³/mol. The van der Waals surface area contributed by atoms with Crippen molar-refractivity contribution in [2.75, 3.05) is 0 Å². The molecule has 0 rings (SSSR count). The molecule has 0 radical (unpaired) electrons. The van der Waals surface area contributed by atoms with Crippen LogP contribution in [0.3, 0.4) is 0 Å². The minimum Gasteiger partial charge on any atom is -0.344 e. The van der Waals surface area contributed by atoms with Gasteiger partial charge in [-0.15, -0.1) is 0 Å². The highest BCUT2D eigenvalue weighted by Crippen LogP contribution is 2.61. The average molecular weight is 513 g/mol. The normalized spacial score (nSPS) is 17.5. The third kappa shape index (κ3) is 4.10. The van der Waals surface area contributed by atoms with Gasteiger partial charge < -0.3 is 6.15 Å². The van der Waals surface area contributed by atoms with Gasteiger partial charge in [0.25, 0.3) is 11.9 Å². The monoisotopic (exact) mass is 513 g/mol. The molecule has 0 aromatic heterocycles. The van der Waals surface area contributed by atoms with Gasteiger partial charge in [-0.05, 0) is 0 Å². The molecule has 0 aromatic carbocycles. The van der Waals surface area contributed by atoms with Crippen molar-refractivity contribution < 1.29 is 83.2 Å². The van der Waals surface area contributed by atoms with Crippen molar-refractivity contribution in [1.82, 2.24) is 6.15 Å². The molecule has 0 aliphatic heterocycles. The van der Waals surface area contributed by atoms with Crippen LogP contribution in [0.4, 0.5) is 70.2 Å². The predicted octanol–water partition coefficient (Wildman–Crippen LogP) is 4.75. The van der Waals surface area contributed by atoms with Gasteiger partial charge in [-0.25, -0.2) is 17.6 Å². The Morgan fingerprint density at radius 3 is 1.07 bits per heavy atom. The Kier molecular flexibility index (Phi) is 8.27.